The highest BCUT2D eigenvalue weighted by molar-refractivity contribution is 5.96. The molecule has 0 bridgehead atoms. The highest BCUT2D eigenvalue weighted by Crippen LogP contribution is 2.24. The molecule has 1 fully saturated rings. The van der Waals surface area contributed by atoms with Gasteiger partial charge in [0.05, 0.1) is 12.2 Å². The van der Waals surface area contributed by atoms with Crippen LogP contribution in [0, 0.1) is 17.7 Å². The molecular formula is C30H29FN8O3. The zero-order chi connectivity index (χ0) is 29.6. The number of halogens is 1. The molecule has 0 aliphatic carbocycles. The van der Waals surface area contributed by atoms with Gasteiger partial charge in [0.15, 0.2) is 5.76 Å². The molecule has 5 rings (SSSR count). The standard InChI is InChI=1S/C30H29FN8O3/c31-20-8-7-19-16-26(42-25(19)17-20)30(41)36-10-3-6-27-35-11-9-28(37-27)39-14-12-38(13-15-39)23(29(33)34)18-22(32)21-4-1-2-5-24(21)40/h1-2,4-5,7-9,11,16-18,40H,10,12-15,32-34H2,(H,36,41)/b22-18-. The number of hydrogen-bond donors (Lipinski definition) is 5. The van der Waals surface area contributed by atoms with Crippen molar-refractivity contribution in [1.29, 1.82) is 0 Å². The highest BCUT2D eigenvalue weighted by atomic mass is 19.1. The van der Waals surface area contributed by atoms with Crippen molar-refractivity contribution < 1.29 is 18.7 Å². The number of piperazine rings is 1. The highest BCUT2D eigenvalue weighted by Gasteiger charge is 2.21. The maximum atomic E-state index is 13.4. The summed E-state index contributed by atoms with van der Waals surface area (Å²) in [6.07, 6.45) is 3.30. The molecule has 11 nitrogen and oxygen atoms in total. The molecular weight excluding hydrogens is 539 g/mol. The van der Waals surface area contributed by atoms with Crippen molar-refractivity contribution in [1.82, 2.24) is 20.2 Å². The molecule has 8 N–H and O–H groups in total. The van der Waals surface area contributed by atoms with E-state index >= 15 is 0 Å². The number of para-hydroxylation sites is 1. The Morgan fingerprint density at radius 2 is 1.88 bits per heavy atom. The molecule has 2 aromatic carbocycles. The summed E-state index contributed by atoms with van der Waals surface area (Å²) in [6.45, 7) is 2.50. The molecule has 12 heteroatoms. The molecule has 1 aliphatic heterocycles. The molecule has 2 aromatic heterocycles. The quantitative estimate of drug-likeness (QED) is 0.171. The van der Waals surface area contributed by atoms with Gasteiger partial charge in [0.1, 0.15) is 28.8 Å². The van der Waals surface area contributed by atoms with Crippen LogP contribution in [0.5, 0.6) is 5.75 Å². The van der Waals surface area contributed by atoms with Crippen LogP contribution < -0.4 is 27.4 Å². The molecule has 4 aromatic rings. The van der Waals surface area contributed by atoms with Crippen molar-refractivity contribution in [2.75, 3.05) is 37.6 Å². The van der Waals surface area contributed by atoms with Crippen LogP contribution in [-0.2, 0) is 0 Å². The molecule has 42 heavy (non-hydrogen) atoms. The minimum absolute atomic E-state index is 0.0452. The van der Waals surface area contributed by atoms with E-state index in [2.05, 4.69) is 32.0 Å². The Labute approximate surface area is 241 Å². The third-order valence-electron chi connectivity index (χ3n) is 6.63. The Morgan fingerprint density at radius 1 is 1.10 bits per heavy atom. The van der Waals surface area contributed by atoms with Crippen LogP contribution >= 0.6 is 0 Å². The van der Waals surface area contributed by atoms with E-state index in [1.165, 1.54) is 12.1 Å². The van der Waals surface area contributed by atoms with Crippen LogP contribution in [0.2, 0.25) is 0 Å². The Kier molecular flexibility index (Phi) is 8.10. The zero-order valence-corrected chi connectivity index (χ0v) is 22.5. The summed E-state index contributed by atoms with van der Waals surface area (Å²) in [4.78, 5) is 25.3. The zero-order valence-electron chi connectivity index (χ0n) is 22.5. The molecule has 0 unspecified atom stereocenters. The van der Waals surface area contributed by atoms with Crippen LogP contribution in [0.25, 0.3) is 16.7 Å². The maximum absolute atomic E-state index is 13.4. The number of rotatable bonds is 6. The number of carbonyl (C=O) groups excluding carboxylic acids is 1. The molecule has 0 saturated carbocycles. The van der Waals surface area contributed by atoms with Crippen LogP contribution in [0.3, 0.4) is 0 Å². The fraction of sp³-hybridized carbons (Fsp3) is 0.167. The molecule has 1 amide bonds. The lowest BCUT2D eigenvalue weighted by Crippen LogP contribution is -2.47. The number of furan rings is 1. The summed E-state index contributed by atoms with van der Waals surface area (Å²) in [5.41, 5.74) is 19.9. The van der Waals surface area contributed by atoms with E-state index < -0.39 is 11.7 Å². The second-order valence-electron chi connectivity index (χ2n) is 9.45. The second kappa shape index (κ2) is 12.2. The first-order valence-electron chi connectivity index (χ1n) is 13.1. The SMILES string of the molecule is NC(N)=C(/C=C(\N)c1ccccc1O)N1CCN(c2ccnc(C#CCNC(=O)c3cc4ccc(F)cc4o3)n2)CC1. The number of aromatic hydroxyl groups is 1. The van der Waals surface area contributed by atoms with E-state index in [4.69, 9.17) is 21.6 Å². The van der Waals surface area contributed by atoms with E-state index in [1.807, 2.05) is 4.90 Å². The van der Waals surface area contributed by atoms with Gasteiger partial charge in [-0.05, 0) is 48.4 Å². The van der Waals surface area contributed by atoms with Crippen LogP contribution in [0.1, 0.15) is 21.9 Å². The first-order chi connectivity index (χ1) is 20.3. The van der Waals surface area contributed by atoms with Crippen molar-refractivity contribution in [3.63, 3.8) is 0 Å². The fourth-order valence-electron chi connectivity index (χ4n) is 4.51. The van der Waals surface area contributed by atoms with Gasteiger partial charge in [-0.25, -0.2) is 14.4 Å². The lowest BCUT2D eigenvalue weighted by molar-refractivity contribution is 0.0933. The van der Waals surface area contributed by atoms with E-state index in [0.29, 0.717) is 65.7 Å². The molecule has 0 spiro atoms. The smallest absolute Gasteiger partial charge is 0.287 e. The van der Waals surface area contributed by atoms with Gasteiger partial charge in [0.25, 0.3) is 5.91 Å². The number of carbonyl (C=O) groups is 1. The van der Waals surface area contributed by atoms with Crippen molar-refractivity contribution >= 4 is 28.4 Å². The Bertz CT molecular complexity index is 1740. The van der Waals surface area contributed by atoms with Gasteiger partial charge < -0.3 is 41.8 Å². The molecule has 0 radical (unpaired) electrons. The van der Waals surface area contributed by atoms with Gasteiger partial charge in [-0.1, -0.05) is 18.1 Å². The number of phenolic OH excluding ortho intramolecular Hbond substituents is 1. The van der Waals surface area contributed by atoms with Gasteiger partial charge in [0.2, 0.25) is 5.82 Å². The number of phenols is 1. The number of aromatic nitrogens is 2. The van der Waals surface area contributed by atoms with Crippen molar-refractivity contribution in [3.8, 4) is 17.6 Å². The number of fused-ring (bicyclic) bond motifs is 1. The van der Waals surface area contributed by atoms with Crippen LogP contribution in [0.15, 0.2) is 82.8 Å². The minimum atomic E-state index is -0.461. The average molecular weight is 569 g/mol. The molecule has 1 saturated heterocycles. The molecule has 214 valence electrons. The van der Waals surface area contributed by atoms with Gasteiger partial charge in [-0.3, -0.25) is 4.79 Å². The topological polar surface area (TPSA) is 173 Å². The van der Waals surface area contributed by atoms with Crippen LogP contribution in [0.4, 0.5) is 10.2 Å². The predicted molar refractivity (Wildman–Crippen MR) is 157 cm³/mol. The Morgan fingerprint density at radius 3 is 2.64 bits per heavy atom. The van der Waals surface area contributed by atoms with Gasteiger partial charge in [-0.15, -0.1) is 0 Å². The van der Waals surface area contributed by atoms with Gasteiger partial charge >= 0.3 is 0 Å². The second-order valence-corrected chi connectivity index (χ2v) is 9.45. The summed E-state index contributed by atoms with van der Waals surface area (Å²) in [7, 11) is 0. The Hall–Kier alpha value is -5.70. The Balaban J connectivity index is 1.18. The maximum Gasteiger partial charge on any atom is 0.287 e. The molecule has 3 heterocycles. The number of nitrogens with zero attached hydrogens (tertiary/aromatic N) is 4. The van der Waals surface area contributed by atoms with E-state index in [-0.39, 0.29) is 23.9 Å². The van der Waals surface area contributed by atoms with Crippen molar-refractivity contribution in [2.24, 2.45) is 17.2 Å². The van der Waals surface area contributed by atoms with Crippen molar-refractivity contribution in [2.45, 2.75) is 0 Å². The number of benzene rings is 2. The predicted octanol–water partition coefficient (Wildman–Crippen LogP) is 2.06. The molecule has 0 atom stereocenters. The normalized spacial score (nSPS) is 13.4. The minimum Gasteiger partial charge on any atom is -0.507 e. The lowest BCUT2D eigenvalue weighted by atomic mass is 10.1. The summed E-state index contributed by atoms with van der Waals surface area (Å²) >= 11 is 0. The average Bonchev–Trinajstić information content (AvgIpc) is 3.42. The largest absolute Gasteiger partial charge is 0.507 e. The first-order valence-corrected chi connectivity index (χ1v) is 13.1. The monoisotopic (exact) mass is 568 g/mol. The molecule has 1 aliphatic rings. The van der Waals surface area contributed by atoms with Crippen LogP contribution in [-0.4, -0.2) is 58.6 Å². The van der Waals surface area contributed by atoms with E-state index in [9.17, 15) is 14.3 Å². The summed E-state index contributed by atoms with van der Waals surface area (Å²) < 4.78 is 18.8. The first kappa shape index (κ1) is 27.9. The summed E-state index contributed by atoms with van der Waals surface area (Å²) in [6, 6.07) is 14.2. The number of nitrogens with two attached hydrogens (primary N) is 3. The summed E-state index contributed by atoms with van der Waals surface area (Å²) in [5.74, 6) is 6.09. The van der Waals surface area contributed by atoms with E-state index in [1.54, 1.807) is 54.7 Å². The third kappa shape index (κ3) is 6.37. The lowest BCUT2D eigenvalue weighted by Gasteiger charge is -2.37. The van der Waals surface area contributed by atoms with Crippen molar-refractivity contribution in [3.05, 3.63) is 101 Å². The van der Waals surface area contributed by atoms with Gasteiger partial charge in [0, 0.05) is 55.1 Å². The van der Waals surface area contributed by atoms with E-state index in [0.717, 1.165) is 0 Å². The number of anilines is 1. The number of nitrogens with one attached hydrogen (secondary N) is 1. The third-order valence-corrected chi connectivity index (χ3v) is 6.63. The van der Waals surface area contributed by atoms with Gasteiger partial charge in [-0.2, -0.15) is 0 Å². The fourth-order valence-corrected chi connectivity index (χ4v) is 4.51. The summed E-state index contributed by atoms with van der Waals surface area (Å²) in [5, 5.41) is 13.4. The number of amides is 1. The number of hydrogen-bond acceptors (Lipinski definition) is 10. The number of allylic oxidation sites excluding steroid dienone is 1.